The topological polar surface area (TPSA) is 125 Å². The Bertz CT molecular complexity index is 1160. The number of nitrogens with one attached hydrogen (secondary N) is 2. The maximum atomic E-state index is 13.2. The van der Waals surface area contributed by atoms with Crippen LogP contribution >= 0.6 is 0 Å². The summed E-state index contributed by atoms with van der Waals surface area (Å²) in [5, 5.41) is 11.9. The van der Waals surface area contributed by atoms with Crippen LogP contribution in [0.15, 0.2) is 61.1 Å². The first-order chi connectivity index (χ1) is 16.8. The number of H-pyrrole nitrogens is 1. The van der Waals surface area contributed by atoms with Crippen LogP contribution in [0.5, 0.6) is 0 Å². The van der Waals surface area contributed by atoms with Crippen LogP contribution in [-0.2, 0) is 20.7 Å². The minimum atomic E-state index is -1.13. The van der Waals surface area contributed by atoms with E-state index in [0.717, 1.165) is 22.3 Å². The lowest BCUT2D eigenvalue weighted by molar-refractivity contribution is -0.146. The normalized spacial score (nSPS) is 13.1. The third-order valence-electron chi connectivity index (χ3n) is 6.12. The van der Waals surface area contributed by atoms with Crippen molar-refractivity contribution in [2.24, 2.45) is 0 Å². The molecule has 0 unspecified atom stereocenters. The molecule has 0 spiro atoms. The third-order valence-corrected chi connectivity index (χ3v) is 6.12. The van der Waals surface area contributed by atoms with Crippen molar-refractivity contribution < 1.29 is 24.2 Å². The summed E-state index contributed by atoms with van der Waals surface area (Å²) in [7, 11) is 0. The Morgan fingerprint density at radius 3 is 2.26 bits per heavy atom. The average Bonchev–Trinajstić information content (AvgIpc) is 3.46. The van der Waals surface area contributed by atoms with Crippen LogP contribution in [0.4, 0.5) is 4.79 Å². The summed E-state index contributed by atoms with van der Waals surface area (Å²) < 4.78 is 5.60. The number of alkyl carbamates (subject to hydrolysis) is 1. The molecule has 0 bridgehead atoms. The zero-order valence-corrected chi connectivity index (χ0v) is 19.6. The molecule has 9 nitrogen and oxygen atoms in total. The highest BCUT2D eigenvalue weighted by atomic mass is 16.5. The van der Waals surface area contributed by atoms with Gasteiger partial charge in [-0.05, 0) is 36.1 Å². The Morgan fingerprint density at radius 1 is 1.09 bits per heavy atom. The highest BCUT2D eigenvalue weighted by Crippen LogP contribution is 2.44. The van der Waals surface area contributed by atoms with Gasteiger partial charge in [0.1, 0.15) is 19.2 Å². The molecule has 1 atom stereocenters. The number of carboxylic acids is 1. The zero-order valence-electron chi connectivity index (χ0n) is 19.6. The minimum absolute atomic E-state index is 0.105. The lowest BCUT2D eigenvalue weighted by atomic mass is 9.98. The molecule has 0 saturated carbocycles. The van der Waals surface area contributed by atoms with E-state index in [1.54, 1.807) is 20.0 Å². The first-order valence-corrected chi connectivity index (χ1v) is 11.5. The molecule has 2 amide bonds. The lowest BCUT2D eigenvalue weighted by Gasteiger charge is -2.29. The fourth-order valence-electron chi connectivity index (χ4n) is 4.46. The van der Waals surface area contributed by atoms with Crippen LogP contribution in [0, 0.1) is 0 Å². The van der Waals surface area contributed by atoms with Crippen molar-refractivity contribution in [3.63, 3.8) is 0 Å². The SMILES string of the molecule is CC(C)N(CC(=O)O)C(=O)[C@H](Cc1cnc[nH]1)NC(=O)OCC1c2ccccc2-c2ccccc21. The lowest BCUT2D eigenvalue weighted by Crippen LogP contribution is -2.53. The molecule has 3 aromatic rings. The number of hydrogen-bond acceptors (Lipinski definition) is 5. The monoisotopic (exact) mass is 476 g/mol. The molecule has 35 heavy (non-hydrogen) atoms. The highest BCUT2D eigenvalue weighted by Gasteiger charge is 2.32. The van der Waals surface area contributed by atoms with Crippen molar-refractivity contribution in [2.75, 3.05) is 13.2 Å². The van der Waals surface area contributed by atoms with Crippen LogP contribution < -0.4 is 5.32 Å². The van der Waals surface area contributed by atoms with E-state index in [2.05, 4.69) is 27.4 Å². The standard InChI is InChI=1S/C26H28N4O5/c1-16(2)30(13-24(31)32)25(33)23(11-17-12-27-15-28-17)29-26(34)35-14-22-20-9-5-3-7-18(20)19-8-4-6-10-21(19)22/h3-10,12,15-16,22-23H,11,13-14H2,1-2H3,(H,27,28)(H,29,34)(H,31,32)/t23-/m0/s1. The average molecular weight is 477 g/mol. The molecule has 0 saturated heterocycles. The molecule has 1 aliphatic rings. The summed E-state index contributed by atoms with van der Waals surface area (Å²) in [6.07, 6.45) is 2.40. The number of rotatable bonds is 9. The number of benzene rings is 2. The van der Waals surface area contributed by atoms with Gasteiger partial charge in [0.15, 0.2) is 0 Å². The van der Waals surface area contributed by atoms with Gasteiger partial charge in [-0.15, -0.1) is 0 Å². The van der Waals surface area contributed by atoms with Gasteiger partial charge in [-0.3, -0.25) is 9.59 Å². The van der Waals surface area contributed by atoms with Crippen LogP contribution in [-0.4, -0.2) is 63.2 Å². The molecule has 3 N–H and O–H groups in total. The number of aromatic amines is 1. The second-order valence-electron chi connectivity index (χ2n) is 8.76. The highest BCUT2D eigenvalue weighted by molar-refractivity contribution is 5.88. The first kappa shape index (κ1) is 24.0. The fraction of sp³-hybridized carbons (Fsp3) is 0.308. The largest absolute Gasteiger partial charge is 0.480 e. The fourth-order valence-corrected chi connectivity index (χ4v) is 4.46. The van der Waals surface area contributed by atoms with E-state index in [9.17, 15) is 19.5 Å². The summed E-state index contributed by atoms with van der Waals surface area (Å²) in [5.41, 5.74) is 5.02. The molecule has 4 rings (SSSR count). The summed E-state index contributed by atoms with van der Waals surface area (Å²) in [6, 6.07) is 14.6. The van der Waals surface area contributed by atoms with E-state index >= 15 is 0 Å². The number of aromatic nitrogens is 2. The number of carbonyl (C=O) groups is 3. The number of aliphatic carboxylic acids is 1. The van der Waals surface area contributed by atoms with E-state index in [1.807, 2.05) is 36.4 Å². The Labute approximate surface area is 203 Å². The van der Waals surface area contributed by atoms with Gasteiger partial charge in [0.25, 0.3) is 0 Å². The number of nitrogens with zero attached hydrogens (tertiary/aromatic N) is 2. The van der Waals surface area contributed by atoms with Crippen LogP contribution in [0.3, 0.4) is 0 Å². The molecule has 1 heterocycles. The van der Waals surface area contributed by atoms with Crippen molar-refractivity contribution in [3.8, 4) is 11.1 Å². The number of imidazole rings is 1. The molecular weight excluding hydrogens is 448 g/mol. The van der Waals surface area contributed by atoms with Crippen LogP contribution in [0.2, 0.25) is 0 Å². The van der Waals surface area contributed by atoms with E-state index in [-0.39, 0.29) is 25.0 Å². The smallest absolute Gasteiger partial charge is 0.407 e. The number of carbonyl (C=O) groups excluding carboxylic acids is 2. The molecule has 1 aliphatic carbocycles. The van der Waals surface area contributed by atoms with Gasteiger partial charge < -0.3 is 25.0 Å². The van der Waals surface area contributed by atoms with E-state index in [0.29, 0.717) is 5.69 Å². The number of hydrogen-bond donors (Lipinski definition) is 3. The number of amides is 2. The second kappa shape index (κ2) is 10.4. The van der Waals surface area contributed by atoms with Crippen molar-refractivity contribution >= 4 is 18.0 Å². The maximum Gasteiger partial charge on any atom is 0.407 e. The molecule has 0 radical (unpaired) electrons. The van der Waals surface area contributed by atoms with E-state index < -0.39 is 30.6 Å². The van der Waals surface area contributed by atoms with E-state index in [1.165, 1.54) is 11.2 Å². The summed E-state index contributed by atoms with van der Waals surface area (Å²) in [5.74, 6) is -1.76. The summed E-state index contributed by atoms with van der Waals surface area (Å²) in [4.78, 5) is 45.5. The van der Waals surface area contributed by atoms with Crippen molar-refractivity contribution in [1.82, 2.24) is 20.2 Å². The molecule has 1 aromatic heterocycles. The predicted octanol–water partition coefficient (Wildman–Crippen LogP) is 3.18. The van der Waals surface area contributed by atoms with Crippen LogP contribution in [0.1, 0.15) is 36.6 Å². The molecule has 9 heteroatoms. The Morgan fingerprint density at radius 2 is 1.71 bits per heavy atom. The molecule has 0 fully saturated rings. The Kier molecular flexibility index (Phi) is 7.14. The van der Waals surface area contributed by atoms with E-state index in [4.69, 9.17) is 4.74 Å². The predicted molar refractivity (Wildman–Crippen MR) is 129 cm³/mol. The molecular formula is C26H28N4O5. The van der Waals surface area contributed by atoms with Crippen molar-refractivity contribution in [1.29, 1.82) is 0 Å². The molecule has 2 aromatic carbocycles. The summed E-state index contributed by atoms with van der Waals surface area (Å²) in [6.45, 7) is 3.08. The quantitative estimate of drug-likeness (QED) is 0.436. The van der Waals surface area contributed by atoms with Gasteiger partial charge >= 0.3 is 12.1 Å². The van der Waals surface area contributed by atoms with Gasteiger partial charge in [-0.25, -0.2) is 9.78 Å². The minimum Gasteiger partial charge on any atom is -0.480 e. The maximum absolute atomic E-state index is 13.2. The molecule has 0 aliphatic heterocycles. The van der Waals surface area contributed by atoms with Crippen molar-refractivity contribution in [2.45, 2.75) is 38.3 Å². The zero-order chi connectivity index (χ0) is 24.9. The van der Waals surface area contributed by atoms with Crippen LogP contribution in [0.25, 0.3) is 11.1 Å². The summed E-state index contributed by atoms with van der Waals surface area (Å²) >= 11 is 0. The Hall–Kier alpha value is -4.14. The molecule has 182 valence electrons. The van der Waals surface area contributed by atoms with Gasteiger partial charge in [-0.1, -0.05) is 48.5 Å². The number of ether oxygens (including phenoxy) is 1. The first-order valence-electron chi connectivity index (χ1n) is 11.5. The van der Waals surface area contributed by atoms with Gasteiger partial charge in [-0.2, -0.15) is 0 Å². The van der Waals surface area contributed by atoms with Crippen molar-refractivity contribution in [3.05, 3.63) is 77.9 Å². The van der Waals surface area contributed by atoms with Gasteiger partial charge in [0, 0.05) is 30.3 Å². The number of carboxylic acid groups (broad SMARTS) is 1. The van der Waals surface area contributed by atoms with Gasteiger partial charge in [0.05, 0.1) is 6.33 Å². The van der Waals surface area contributed by atoms with Gasteiger partial charge in [0.2, 0.25) is 5.91 Å². The second-order valence-corrected chi connectivity index (χ2v) is 8.76. The number of fused-ring (bicyclic) bond motifs is 3. The third kappa shape index (κ3) is 5.34. The Balaban J connectivity index is 1.48.